The van der Waals surface area contributed by atoms with Gasteiger partial charge in [-0.05, 0) is 65.9 Å². The molecule has 1 aliphatic rings. The Morgan fingerprint density at radius 2 is 1.65 bits per heavy atom. The van der Waals surface area contributed by atoms with E-state index >= 15 is 0 Å². The molecular formula is C34H38ClN3O2. The Labute approximate surface area is 242 Å². The molecule has 0 atom stereocenters. The van der Waals surface area contributed by atoms with Gasteiger partial charge in [-0.2, -0.15) is 0 Å². The summed E-state index contributed by atoms with van der Waals surface area (Å²) in [5.74, 6) is -0.0772. The number of hydrogen-bond donors (Lipinski definition) is 0. The van der Waals surface area contributed by atoms with Crippen LogP contribution in [0.5, 0.6) is 0 Å². The molecule has 1 saturated carbocycles. The minimum Gasteiger partial charge on any atom is -0.345 e. The number of rotatable bonds is 10. The van der Waals surface area contributed by atoms with E-state index < -0.39 is 0 Å². The molecule has 2 amide bonds. The number of hydrogen-bond acceptors (Lipinski definition) is 2. The third kappa shape index (κ3) is 6.59. The van der Waals surface area contributed by atoms with Crippen LogP contribution in [0.4, 0.5) is 0 Å². The van der Waals surface area contributed by atoms with E-state index in [0.29, 0.717) is 25.2 Å². The summed E-state index contributed by atoms with van der Waals surface area (Å²) < 4.78 is 2.17. The number of benzene rings is 3. The zero-order valence-electron chi connectivity index (χ0n) is 23.3. The predicted molar refractivity (Wildman–Crippen MR) is 163 cm³/mol. The lowest BCUT2D eigenvalue weighted by molar-refractivity contribution is -0.135. The summed E-state index contributed by atoms with van der Waals surface area (Å²) in [4.78, 5) is 31.4. The Morgan fingerprint density at radius 3 is 2.42 bits per heavy atom. The smallest absolute Gasteiger partial charge is 0.254 e. The fourth-order valence-corrected chi connectivity index (χ4v) is 6.02. The summed E-state index contributed by atoms with van der Waals surface area (Å²) in [7, 11) is 0. The zero-order chi connectivity index (χ0) is 27.9. The Balaban J connectivity index is 1.37. The van der Waals surface area contributed by atoms with Crippen molar-refractivity contribution in [2.24, 2.45) is 0 Å². The van der Waals surface area contributed by atoms with Gasteiger partial charge >= 0.3 is 0 Å². The first-order chi connectivity index (χ1) is 19.5. The Morgan fingerprint density at radius 1 is 0.900 bits per heavy atom. The number of carbonyl (C=O) groups excluding carboxylic acids is 2. The van der Waals surface area contributed by atoms with Crippen molar-refractivity contribution in [1.82, 2.24) is 14.4 Å². The van der Waals surface area contributed by atoms with Crippen molar-refractivity contribution < 1.29 is 9.59 Å². The van der Waals surface area contributed by atoms with Gasteiger partial charge in [-0.25, -0.2) is 0 Å². The molecule has 0 saturated heterocycles. The van der Waals surface area contributed by atoms with Crippen LogP contribution in [0.3, 0.4) is 0 Å². The topological polar surface area (TPSA) is 45.6 Å². The summed E-state index contributed by atoms with van der Waals surface area (Å²) in [6.07, 6.45) is 8.32. The van der Waals surface area contributed by atoms with Crippen LogP contribution in [-0.2, 0) is 17.9 Å². The van der Waals surface area contributed by atoms with E-state index in [1.165, 1.54) is 6.42 Å². The lowest BCUT2D eigenvalue weighted by atomic mass is 9.94. The zero-order valence-corrected chi connectivity index (χ0v) is 24.0. The molecule has 1 aliphatic carbocycles. The molecule has 0 radical (unpaired) electrons. The van der Waals surface area contributed by atoms with Crippen LogP contribution in [0.25, 0.3) is 10.8 Å². The van der Waals surface area contributed by atoms with Crippen LogP contribution < -0.4 is 0 Å². The molecule has 0 N–H and O–H groups in total. The number of carbonyl (C=O) groups is 2. The molecule has 40 heavy (non-hydrogen) atoms. The number of amides is 2. The number of aromatic nitrogens is 1. The predicted octanol–water partition coefficient (Wildman–Crippen LogP) is 7.56. The van der Waals surface area contributed by atoms with Crippen molar-refractivity contribution in [3.05, 3.63) is 107 Å². The highest BCUT2D eigenvalue weighted by molar-refractivity contribution is 6.31. The second-order valence-corrected chi connectivity index (χ2v) is 11.2. The minimum absolute atomic E-state index is 0.0139. The van der Waals surface area contributed by atoms with Crippen molar-refractivity contribution in [2.75, 3.05) is 13.1 Å². The van der Waals surface area contributed by atoms with Crippen molar-refractivity contribution >= 4 is 34.2 Å². The van der Waals surface area contributed by atoms with Crippen LogP contribution in [0.15, 0.2) is 85.1 Å². The summed E-state index contributed by atoms with van der Waals surface area (Å²) in [6.45, 7) is 3.84. The maximum absolute atomic E-state index is 14.0. The van der Waals surface area contributed by atoms with E-state index in [2.05, 4.69) is 16.8 Å². The highest BCUT2D eigenvalue weighted by atomic mass is 35.5. The van der Waals surface area contributed by atoms with E-state index in [1.54, 1.807) is 4.90 Å². The molecule has 6 heteroatoms. The average molecular weight is 556 g/mol. The van der Waals surface area contributed by atoms with Gasteiger partial charge in [-0.3, -0.25) is 9.59 Å². The molecule has 0 aliphatic heterocycles. The van der Waals surface area contributed by atoms with E-state index in [-0.39, 0.29) is 24.4 Å². The van der Waals surface area contributed by atoms with Gasteiger partial charge in [0.1, 0.15) is 6.54 Å². The third-order valence-electron chi connectivity index (χ3n) is 7.99. The number of fused-ring (bicyclic) bond motifs is 1. The van der Waals surface area contributed by atoms with Gasteiger partial charge in [0.05, 0.1) is 6.54 Å². The van der Waals surface area contributed by atoms with Crippen molar-refractivity contribution in [3.63, 3.8) is 0 Å². The molecule has 0 unspecified atom stereocenters. The Kier molecular flexibility index (Phi) is 9.22. The maximum atomic E-state index is 14.0. The molecular weight excluding hydrogens is 518 g/mol. The number of halogens is 1. The first kappa shape index (κ1) is 28.0. The number of nitrogens with zero attached hydrogens (tertiary/aromatic N) is 3. The van der Waals surface area contributed by atoms with Gasteiger partial charge in [-0.15, -0.1) is 0 Å². The average Bonchev–Trinajstić information content (AvgIpc) is 3.43. The lowest BCUT2D eigenvalue weighted by Gasteiger charge is -2.36. The lowest BCUT2D eigenvalue weighted by Crippen LogP contribution is -2.47. The molecule has 5 nitrogen and oxygen atoms in total. The molecule has 1 aromatic heterocycles. The van der Waals surface area contributed by atoms with Gasteiger partial charge < -0.3 is 14.4 Å². The highest BCUT2D eigenvalue weighted by Crippen LogP contribution is 2.26. The summed E-state index contributed by atoms with van der Waals surface area (Å²) in [5, 5.41) is 2.87. The molecule has 208 valence electrons. The van der Waals surface area contributed by atoms with E-state index in [9.17, 15) is 9.59 Å². The highest BCUT2D eigenvalue weighted by Gasteiger charge is 2.29. The van der Waals surface area contributed by atoms with Crippen LogP contribution >= 0.6 is 11.6 Å². The quantitative estimate of drug-likeness (QED) is 0.203. The molecule has 1 heterocycles. The third-order valence-corrected chi connectivity index (χ3v) is 8.36. The second kappa shape index (κ2) is 13.2. The fraction of sp³-hybridized carbons (Fsp3) is 0.353. The van der Waals surface area contributed by atoms with Gasteiger partial charge in [-0.1, -0.05) is 86.3 Å². The van der Waals surface area contributed by atoms with E-state index in [1.807, 2.05) is 84.6 Å². The Hall–Kier alpha value is -3.57. The molecule has 3 aromatic carbocycles. The second-order valence-electron chi connectivity index (χ2n) is 10.8. The van der Waals surface area contributed by atoms with Crippen LogP contribution in [0.2, 0.25) is 5.02 Å². The van der Waals surface area contributed by atoms with Gasteiger partial charge in [0.2, 0.25) is 5.91 Å². The largest absolute Gasteiger partial charge is 0.345 e. The van der Waals surface area contributed by atoms with E-state index in [0.717, 1.165) is 59.2 Å². The van der Waals surface area contributed by atoms with Crippen LogP contribution in [0, 0.1) is 0 Å². The molecule has 5 rings (SSSR count). The molecule has 4 aromatic rings. The van der Waals surface area contributed by atoms with Crippen molar-refractivity contribution in [3.8, 4) is 0 Å². The first-order valence-electron chi connectivity index (χ1n) is 14.5. The standard InChI is InChI=1S/C34H38ClN3O2/c1-2-20-37(34(40)28-19-18-26-11-6-7-12-27(26)22-28)25-33(39)38(30-14-4-3-5-15-30)24-31-16-10-21-36(31)23-29-13-8-9-17-32(29)35/h6-13,16-19,21-22,30H,2-5,14-15,20,23-25H2,1H3. The van der Waals surface area contributed by atoms with Gasteiger partial charge in [0.15, 0.2) is 0 Å². The Bertz CT molecular complexity index is 1460. The van der Waals surface area contributed by atoms with Crippen molar-refractivity contribution in [2.45, 2.75) is 64.6 Å². The van der Waals surface area contributed by atoms with Gasteiger partial charge in [0, 0.05) is 41.6 Å². The SMILES string of the molecule is CCCN(CC(=O)N(Cc1cccn1Cc1ccccc1Cl)C1CCCCC1)C(=O)c1ccc2ccccc2c1. The first-order valence-corrected chi connectivity index (χ1v) is 14.9. The molecule has 0 bridgehead atoms. The maximum Gasteiger partial charge on any atom is 0.254 e. The molecule has 0 spiro atoms. The normalized spacial score (nSPS) is 13.8. The summed E-state index contributed by atoms with van der Waals surface area (Å²) >= 11 is 6.46. The van der Waals surface area contributed by atoms with Gasteiger partial charge in [0.25, 0.3) is 5.91 Å². The molecule has 1 fully saturated rings. The minimum atomic E-state index is -0.0911. The van der Waals surface area contributed by atoms with Crippen LogP contribution in [-0.4, -0.2) is 45.3 Å². The van der Waals surface area contributed by atoms with E-state index in [4.69, 9.17) is 11.6 Å². The van der Waals surface area contributed by atoms with Crippen molar-refractivity contribution in [1.29, 1.82) is 0 Å². The summed E-state index contributed by atoms with van der Waals surface area (Å²) in [5.41, 5.74) is 2.74. The monoisotopic (exact) mass is 555 g/mol. The van der Waals surface area contributed by atoms with Crippen LogP contribution in [0.1, 0.15) is 67.1 Å². The fourth-order valence-electron chi connectivity index (χ4n) is 5.83. The summed E-state index contributed by atoms with van der Waals surface area (Å²) in [6, 6.07) is 26.0.